The molecule has 168 valence electrons. The van der Waals surface area contributed by atoms with Gasteiger partial charge in [-0.2, -0.15) is 10.5 Å². The van der Waals surface area contributed by atoms with E-state index in [1.54, 1.807) is 0 Å². The third kappa shape index (κ3) is 3.80. The van der Waals surface area contributed by atoms with Crippen molar-refractivity contribution in [2.75, 3.05) is 0 Å². The summed E-state index contributed by atoms with van der Waals surface area (Å²) >= 11 is 0. The number of nitriles is 2. The van der Waals surface area contributed by atoms with Gasteiger partial charge in [-0.1, -0.05) is 42.5 Å². The van der Waals surface area contributed by atoms with Crippen molar-refractivity contribution in [1.82, 2.24) is 0 Å². The zero-order valence-electron chi connectivity index (χ0n) is 19.6. The van der Waals surface area contributed by atoms with Crippen molar-refractivity contribution in [2.24, 2.45) is 0 Å². The lowest BCUT2D eigenvalue weighted by molar-refractivity contribution is 0.668. The highest BCUT2D eigenvalue weighted by molar-refractivity contribution is 6.06. The van der Waals surface area contributed by atoms with Gasteiger partial charge in [-0.05, 0) is 107 Å². The van der Waals surface area contributed by atoms with Crippen molar-refractivity contribution in [3.8, 4) is 45.5 Å². The van der Waals surface area contributed by atoms with E-state index in [1.165, 1.54) is 5.56 Å². The van der Waals surface area contributed by atoms with Crippen LogP contribution >= 0.6 is 0 Å². The van der Waals surface area contributed by atoms with Crippen LogP contribution in [0, 0.1) is 29.6 Å². The number of hydrogen-bond donors (Lipinski definition) is 0. The molecule has 3 nitrogen and oxygen atoms in total. The molecule has 0 saturated heterocycles. The minimum Gasteiger partial charge on any atom is -0.456 e. The summed E-state index contributed by atoms with van der Waals surface area (Å²) in [5, 5.41) is 20.6. The van der Waals surface area contributed by atoms with Crippen molar-refractivity contribution < 1.29 is 4.42 Å². The van der Waals surface area contributed by atoms with Crippen molar-refractivity contribution in [2.45, 2.75) is 6.92 Å². The summed E-state index contributed by atoms with van der Waals surface area (Å²) < 4.78 is 6.21. The fourth-order valence-corrected chi connectivity index (χ4v) is 4.67. The van der Waals surface area contributed by atoms with Crippen molar-refractivity contribution >= 4 is 21.9 Å². The SMILES string of the molecule is Cc1ccc2c(c1)oc1cc(-c3cc(-c4ccc(C#N)cc4)cc(-c4ccc(C#N)cc4)c3)ccc12. The highest BCUT2D eigenvalue weighted by Gasteiger charge is 2.12. The Morgan fingerprint density at radius 1 is 0.472 bits per heavy atom. The molecule has 6 rings (SSSR count). The van der Waals surface area contributed by atoms with Gasteiger partial charge in [-0.3, -0.25) is 0 Å². The molecule has 0 aliphatic carbocycles. The number of hydrogen-bond acceptors (Lipinski definition) is 3. The van der Waals surface area contributed by atoms with Crippen LogP contribution in [0.5, 0.6) is 0 Å². The Morgan fingerprint density at radius 3 is 1.44 bits per heavy atom. The van der Waals surface area contributed by atoms with E-state index in [2.05, 4.69) is 73.7 Å². The number of benzene rings is 5. The lowest BCUT2D eigenvalue weighted by atomic mass is 9.92. The highest BCUT2D eigenvalue weighted by atomic mass is 16.3. The standard InChI is InChI=1S/C33H20N2O/c1-21-2-12-30-31-13-11-26(18-33(31)36-32(30)14-21)29-16-27(24-7-3-22(19-34)4-8-24)15-28(17-29)25-9-5-23(20-35)6-10-25/h2-18H,1H3. The van der Waals surface area contributed by atoms with Crippen LogP contribution in [0.1, 0.15) is 16.7 Å². The van der Waals surface area contributed by atoms with Gasteiger partial charge in [0, 0.05) is 10.8 Å². The Labute approximate surface area is 209 Å². The van der Waals surface area contributed by atoms with Gasteiger partial charge in [-0.15, -0.1) is 0 Å². The first-order valence-corrected chi connectivity index (χ1v) is 11.7. The molecule has 6 aromatic rings. The summed E-state index contributed by atoms with van der Waals surface area (Å²) in [5.41, 5.74) is 10.5. The van der Waals surface area contributed by atoms with Crippen LogP contribution in [0.4, 0.5) is 0 Å². The van der Waals surface area contributed by atoms with Crippen LogP contribution < -0.4 is 0 Å². The number of rotatable bonds is 3. The zero-order valence-corrected chi connectivity index (χ0v) is 19.6. The molecule has 1 aromatic heterocycles. The third-order valence-electron chi connectivity index (χ3n) is 6.59. The normalized spacial score (nSPS) is 10.9. The van der Waals surface area contributed by atoms with Gasteiger partial charge in [-0.25, -0.2) is 0 Å². The molecule has 0 unspecified atom stereocenters. The number of nitrogens with zero attached hydrogens (tertiary/aromatic N) is 2. The maximum absolute atomic E-state index is 9.20. The largest absolute Gasteiger partial charge is 0.456 e. The minimum absolute atomic E-state index is 0.632. The van der Waals surface area contributed by atoms with Crippen LogP contribution in [-0.2, 0) is 0 Å². The highest BCUT2D eigenvalue weighted by Crippen LogP contribution is 2.36. The lowest BCUT2D eigenvalue weighted by Gasteiger charge is -2.12. The average Bonchev–Trinajstić information content (AvgIpc) is 3.29. The van der Waals surface area contributed by atoms with E-state index in [0.29, 0.717) is 11.1 Å². The van der Waals surface area contributed by atoms with E-state index in [-0.39, 0.29) is 0 Å². The number of fused-ring (bicyclic) bond motifs is 3. The van der Waals surface area contributed by atoms with E-state index >= 15 is 0 Å². The molecule has 3 heteroatoms. The van der Waals surface area contributed by atoms with Gasteiger partial charge in [0.1, 0.15) is 11.2 Å². The van der Waals surface area contributed by atoms with Crippen LogP contribution in [0.3, 0.4) is 0 Å². The van der Waals surface area contributed by atoms with Crippen molar-refractivity contribution in [3.05, 3.63) is 120 Å². The molecule has 0 bridgehead atoms. The third-order valence-corrected chi connectivity index (χ3v) is 6.59. The zero-order chi connectivity index (χ0) is 24.6. The first kappa shape index (κ1) is 21.4. The van der Waals surface area contributed by atoms with Gasteiger partial charge >= 0.3 is 0 Å². The summed E-state index contributed by atoms with van der Waals surface area (Å²) in [6.45, 7) is 2.07. The Bertz CT molecular complexity index is 1770. The molecule has 5 aromatic carbocycles. The van der Waals surface area contributed by atoms with E-state index in [9.17, 15) is 10.5 Å². The second-order valence-corrected chi connectivity index (χ2v) is 8.99. The summed E-state index contributed by atoms with van der Waals surface area (Å²) in [6.07, 6.45) is 0. The summed E-state index contributed by atoms with van der Waals surface area (Å²) in [4.78, 5) is 0. The first-order chi connectivity index (χ1) is 17.6. The van der Waals surface area contributed by atoms with Crippen molar-refractivity contribution in [3.63, 3.8) is 0 Å². The summed E-state index contributed by atoms with van der Waals surface area (Å²) in [5.74, 6) is 0. The molecule has 1 heterocycles. The van der Waals surface area contributed by atoms with Crippen LogP contribution in [-0.4, -0.2) is 0 Å². The first-order valence-electron chi connectivity index (χ1n) is 11.7. The Balaban J connectivity index is 1.53. The molecular weight excluding hydrogens is 440 g/mol. The number of aryl methyl sites for hydroxylation is 1. The van der Waals surface area contributed by atoms with Gasteiger partial charge in [0.25, 0.3) is 0 Å². The van der Waals surface area contributed by atoms with E-state index < -0.39 is 0 Å². The maximum Gasteiger partial charge on any atom is 0.136 e. The summed E-state index contributed by atoms with van der Waals surface area (Å²) in [6, 6.07) is 38.8. The monoisotopic (exact) mass is 460 g/mol. The molecule has 0 atom stereocenters. The smallest absolute Gasteiger partial charge is 0.136 e. The van der Waals surface area contributed by atoms with Gasteiger partial charge in [0.2, 0.25) is 0 Å². The fourth-order valence-electron chi connectivity index (χ4n) is 4.67. The molecule has 0 fully saturated rings. The Kier molecular flexibility index (Phi) is 5.11. The minimum atomic E-state index is 0.632. The molecule has 0 radical (unpaired) electrons. The quantitative estimate of drug-likeness (QED) is 0.265. The molecule has 36 heavy (non-hydrogen) atoms. The topological polar surface area (TPSA) is 60.7 Å². The Morgan fingerprint density at radius 2 is 0.917 bits per heavy atom. The molecule has 0 saturated carbocycles. The molecule has 0 amide bonds. The fraction of sp³-hybridized carbons (Fsp3) is 0.0303. The van der Waals surface area contributed by atoms with Crippen LogP contribution in [0.2, 0.25) is 0 Å². The van der Waals surface area contributed by atoms with Gasteiger partial charge in [0.15, 0.2) is 0 Å². The lowest BCUT2D eigenvalue weighted by Crippen LogP contribution is -1.87. The maximum atomic E-state index is 9.20. The predicted octanol–water partition coefficient (Wildman–Crippen LogP) is 8.64. The average molecular weight is 461 g/mol. The van der Waals surface area contributed by atoms with Crippen LogP contribution in [0.25, 0.3) is 55.3 Å². The molecule has 0 N–H and O–H groups in total. The van der Waals surface area contributed by atoms with E-state index in [4.69, 9.17) is 4.42 Å². The van der Waals surface area contributed by atoms with E-state index in [1.807, 2.05) is 48.5 Å². The van der Waals surface area contributed by atoms with Gasteiger partial charge in [0.05, 0.1) is 23.3 Å². The summed E-state index contributed by atoms with van der Waals surface area (Å²) in [7, 11) is 0. The molecule has 0 aliphatic heterocycles. The van der Waals surface area contributed by atoms with Crippen molar-refractivity contribution in [1.29, 1.82) is 10.5 Å². The van der Waals surface area contributed by atoms with Crippen LogP contribution in [0.15, 0.2) is 108 Å². The second kappa shape index (κ2) is 8.58. The van der Waals surface area contributed by atoms with E-state index in [0.717, 1.165) is 55.3 Å². The number of furan rings is 1. The molecular formula is C33H20N2O. The predicted molar refractivity (Wildman–Crippen MR) is 144 cm³/mol. The molecule has 0 aliphatic rings. The second-order valence-electron chi connectivity index (χ2n) is 8.99. The Hall–Kier alpha value is -5.12. The molecule has 0 spiro atoms. The van der Waals surface area contributed by atoms with Gasteiger partial charge < -0.3 is 4.42 Å².